The molecule has 3 heteroatoms. The Hall–Kier alpha value is -2.29. The molecule has 0 aliphatic carbocycles. The van der Waals surface area contributed by atoms with E-state index in [4.69, 9.17) is 5.73 Å². The van der Waals surface area contributed by atoms with E-state index in [-0.39, 0.29) is 6.04 Å². The monoisotopic (exact) mass is 265 g/mol. The predicted molar refractivity (Wildman–Crippen MR) is 83.8 cm³/mol. The first-order chi connectivity index (χ1) is 9.72. The van der Waals surface area contributed by atoms with E-state index in [1.807, 2.05) is 6.07 Å². The summed E-state index contributed by atoms with van der Waals surface area (Å²) in [6.07, 6.45) is 0.980. The first kappa shape index (κ1) is 12.7. The molecule has 0 fully saturated rings. The number of para-hydroxylation sites is 1. The molecular formula is C17H19N3. The maximum atomic E-state index is 6.19. The van der Waals surface area contributed by atoms with Gasteiger partial charge in [0.15, 0.2) is 0 Å². The van der Waals surface area contributed by atoms with E-state index < -0.39 is 0 Å². The third kappa shape index (κ3) is 1.95. The van der Waals surface area contributed by atoms with Crippen LogP contribution in [-0.4, -0.2) is 9.55 Å². The minimum Gasteiger partial charge on any atom is -0.369 e. The van der Waals surface area contributed by atoms with Crippen molar-refractivity contribution in [2.24, 2.45) is 0 Å². The lowest BCUT2D eigenvalue weighted by Gasteiger charge is -2.19. The van der Waals surface area contributed by atoms with Crippen molar-refractivity contribution in [3.05, 3.63) is 59.7 Å². The summed E-state index contributed by atoms with van der Waals surface area (Å²) >= 11 is 0. The summed E-state index contributed by atoms with van der Waals surface area (Å²) in [6, 6.07) is 16.9. The molecule has 0 aliphatic heterocycles. The number of hydrogen-bond acceptors (Lipinski definition) is 2. The number of hydrogen-bond donors (Lipinski definition) is 1. The zero-order valence-electron chi connectivity index (χ0n) is 11.9. The van der Waals surface area contributed by atoms with Gasteiger partial charge in [-0.15, -0.1) is 0 Å². The number of aromatic nitrogens is 2. The van der Waals surface area contributed by atoms with Crippen LogP contribution in [0.4, 0.5) is 5.95 Å². The van der Waals surface area contributed by atoms with E-state index in [9.17, 15) is 0 Å². The second-order valence-corrected chi connectivity index (χ2v) is 5.12. The molecule has 0 spiro atoms. The van der Waals surface area contributed by atoms with E-state index in [1.54, 1.807) is 0 Å². The summed E-state index contributed by atoms with van der Waals surface area (Å²) in [5.74, 6) is 0.588. The van der Waals surface area contributed by atoms with E-state index in [1.165, 1.54) is 5.56 Å². The number of nitrogens with two attached hydrogens (primary N) is 1. The molecule has 0 amide bonds. The molecule has 0 saturated heterocycles. The summed E-state index contributed by atoms with van der Waals surface area (Å²) in [4.78, 5) is 4.55. The van der Waals surface area contributed by atoms with E-state index in [0.717, 1.165) is 23.0 Å². The van der Waals surface area contributed by atoms with Gasteiger partial charge in [-0.2, -0.15) is 0 Å². The lowest BCUT2D eigenvalue weighted by atomic mass is 10.0. The molecule has 0 bridgehead atoms. The molecule has 3 rings (SSSR count). The minimum absolute atomic E-state index is 0.225. The molecule has 1 aromatic heterocycles. The second-order valence-electron chi connectivity index (χ2n) is 5.12. The molecule has 0 radical (unpaired) electrons. The van der Waals surface area contributed by atoms with Crippen molar-refractivity contribution in [1.29, 1.82) is 0 Å². The second kappa shape index (κ2) is 5.00. The van der Waals surface area contributed by atoms with Crippen LogP contribution in [0.15, 0.2) is 48.5 Å². The van der Waals surface area contributed by atoms with Gasteiger partial charge in [-0.05, 0) is 30.5 Å². The van der Waals surface area contributed by atoms with Crippen LogP contribution in [0.25, 0.3) is 11.0 Å². The SMILES string of the molecule is CCC(c1ccccc1)n1c(N)nc2c(C)cccc21. The van der Waals surface area contributed by atoms with Gasteiger partial charge in [-0.25, -0.2) is 4.98 Å². The maximum absolute atomic E-state index is 6.19. The average molecular weight is 265 g/mol. The fraction of sp³-hybridized carbons (Fsp3) is 0.235. The highest BCUT2D eigenvalue weighted by Crippen LogP contribution is 2.30. The number of rotatable bonds is 3. The van der Waals surface area contributed by atoms with Gasteiger partial charge in [-0.1, -0.05) is 49.4 Å². The number of fused-ring (bicyclic) bond motifs is 1. The fourth-order valence-corrected chi connectivity index (χ4v) is 2.85. The highest BCUT2D eigenvalue weighted by Gasteiger charge is 2.18. The Morgan fingerprint density at radius 3 is 2.55 bits per heavy atom. The third-order valence-electron chi connectivity index (χ3n) is 3.83. The van der Waals surface area contributed by atoms with Gasteiger partial charge < -0.3 is 10.3 Å². The molecular weight excluding hydrogens is 246 g/mol. The van der Waals surface area contributed by atoms with Crippen molar-refractivity contribution >= 4 is 17.0 Å². The van der Waals surface area contributed by atoms with Crippen LogP contribution in [0.2, 0.25) is 0 Å². The molecule has 3 nitrogen and oxygen atoms in total. The first-order valence-electron chi connectivity index (χ1n) is 7.00. The topological polar surface area (TPSA) is 43.8 Å². The Bertz CT molecular complexity index is 729. The Balaban J connectivity index is 2.22. The van der Waals surface area contributed by atoms with Crippen LogP contribution in [0, 0.1) is 6.92 Å². The fourth-order valence-electron chi connectivity index (χ4n) is 2.85. The molecule has 1 unspecified atom stereocenters. The zero-order valence-corrected chi connectivity index (χ0v) is 11.9. The van der Waals surface area contributed by atoms with Crippen molar-refractivity contribution in [1.82, 2.24) is 9.55 Å². The number of anilines is 1. The van der Waals surface area contributed by atoms with Gasteiger partial charge in [0.1, 0.15) is 0 Å². The largest absolute Gasteiger partial charge is 0.369 e. The van der Waals surface area contributed by atoms with Gasteiger partial charge in [0, 0.05) is 0 Å². The van der Waals surface area contributed by atoms with Gasteiger partial charge in [0.25, 0.3) is 0 Å². The Labute approximate surface area is 119 Å². The van der Waals surface area contributed by atoms with Crippen LogP contribution in [0.3, 0.4) is 0 Å². The quantitative estimate of drug-likeness (QED) is 0.780. The van der Waals surface area contributed by atoms with Gasteiger partial charge in [-0.3, -0.25) is 0 Å². The van der Waals surface area contributed by atoms with Gasteiger partial charge in [0.05, 0.1) is 17.1 Å². The summed E-state index contributed by atoms with van der Waals surface area (Å²) in [7, 11) is 0. The molecule has 2 aromatic carbocycles. The average Bonchev–Trinajstić information content (AvgIpc) is 2.80. The summed E-state index contributed by atoms with van der Waals surface area (Å²) in [5.41, 5.74) is 10.7. The normalized spacial score (nSPS) is 12.7. The van der Waals surface area contributed by atoms with E-state index in [2.05, 4.69) is 65.9 Å². The van der Waals surface area contributed by atoms with Crippen molar-refractivity contribution in [2.45, 2.75) is 26.3 Å². The predicted octanol–water partition coefficient (Wildman–Crippen LogP) is 3.93. The van der Waals surface area contributed by atoms with Crippen molar-refractivity contribution < 1.29 is 0 Å². The number of nitrogens with zero attached hydrogens (tertiary/aromatic N) is 2. The Morgan fingerprint density at radius 2 is 1.85 bits per heavy atom. The molecule has 102 valence electrons. The molecule has 3 aromatic rings. The number of nitrogen functional groups attached to an aromatic ring is 1. The highest BCUT2D eigenvalue weighted by atomic mass is 15.2. The highest BCUT2D eigenvalue weighted by molar-refractivity contribution is 5.81. The lowest BCUT2D eigenvalue weighted by molar-refractivity contribution is 0.589. The molecule has 20 heavy (non-hydrogen) atoms. The Morgan fingerprint density at radius 1 is 1.10 bits per heavy atom. The Kier molecular flexibility index (Phi) is 3.18. The van der Waals surface area contributed by atoms with Crippen molar-refractivity contribution in [2.75, 3.05) is 5.73 Å². The smallest absolute Gasteiger partial charge is 0.201 e. The van der Waals surface area contributed by atoms with Crippen LogP contribution < -0.4 is 5.73 Å². The number of imidazole rings is 1. The first-order valence-corrected chi connectivity index (χ1v) is 7.00. The lowest BCUT2D eigenvalue weighted by Crippen LogP contribution is -2.12. The van der Waals surface area contributed by atoms with Crippen LogP contribution in [-0.2, 0) is 0 Å². The molecule has 2 N–H and O–H groups in total. The van der Waals surface area contributed by atoms with E-state index in [0.29, 0.717) is 5.95 Å². The van der Waals surface area contributed by atoms with Crippen molar-refractivity contribution in [3.63, 3.8) is 0 Å². The maximum Gasteiger partial charge on any atom is 0.201 e. The van der Waals surface area contributed by atoms with Gasteiger partial charge >= 0.3 is 0 Å². The third-order valence-corrected chi connectivity index (χ3v) is 3.83. The molecule has 0 aliphatic rings. The number of benzene rings is 2. The van der Waals surface area contributed by atoms with E-state index >= 15 is 0 Å². The number of aryl methyl sites for hydroxylation is 1. The summed E-state index contributed by atoms with van der Waals surface area (Å²) in [6.45, 7) is 4.25. The molecule has 1 atom stereocenters. The standard InChI is InChI=1S/C17H19N3/c1-3-14(13-9-5-4-6-10-13)20-15-11-7-8-12(2)16(15)19-17(20)18/h4-11,14H,3H2,1-2H3,(H2,18,19). The zero-order chi connectivity index (χ0) is 14.1. The van der Waals surface area contributed by atoms with Crippen LogP contribution in [0.5, 0.6) is 0 Å². The molecule has 1 heterocycles. The molecule has 0 saturated carbocycles. The van der Waals surface area contributed by atoms with Crippen LogP contribution in [0.1, 0.15) is 30.5 Å². The summed E-state index contributed by atoms with van der Waals surface area (Å²) in [5, 5.41) is 0. The van der Waals surface area contributed by atoms with Crippen LogP contribution >= 0.6 is 0 Å². The minimum atomic E-state index is 0.225. The van der Waals surface area contributed by atoms with Gasteiger partial charge in [0.2, 0.25) is 5.95 Å². The van der Waals surface area contributed by atoms with Crippen molar-refractivity contribution in [3.8, 4) is 0 Å². The summed E-state index contributed by atoms with van der Waals surface area (Å²) < 4.78 is 2.15.